The molecule has 2 N–H and O–H groups in total. The second kappa shape index (κ2) is 31.4. The van der Waals surface area contributed by atoms with Crippen molar-refractivity contribution in [1.82, 2.24) is 15.5 Å². The van der Waals surface area contributed by atoms with Gasteiger partial charge in [0, 0.05) is 19.6 Å². The summed E-state index contributed by atoms with van der Waals surface area (Å²) in [5.41, 5.74) is 1.74. The van der Waals surface area contributed by atoms with E-state index in [1.807, 2.05) is 31.2 Å². The number of aryl methyl sites for hydroxylation is 1. The molecule has 3 amide bonds. The van der Waals surface area contributed by atoms with Gasteiger partial charge in [0.05, 0.1) is 94.3 Å². The van der Waals surface area contributed by atoms with Crippen molar-refractivity contribution < 1.29 is 76.0 Å². The molecule has 3 aromatic carbocycles. The average Bonchev–Trinajstić information content (AvgIpc) is 3.38. The molecule has 0 bridgehead atoms. The summed E-state index contributed by atoms with van der Waals surface area (Å²) in [5.74, 6) is 1.26. The number of carbonyl (C=O) groups is 4. The summed E-state index contributed by atoms with van der Waals surface area (Å²) >= 11 is 0. The van der Waals surface area contributed by atoms with Crippen LogP contribution in [0.1, 0.15) is 88.5 Å². The molecular weight excluding hydrogens is 935 g/mol. The van der Waals surface area contributed by atoms with Crippen molar-refractivity contribution in [1.29, 1.82) is 0 Å². The fourth-order valence-electron chi connectivity index (χ4n) is 7.91. The number of hydrogen-bond donors (Lipinski definition) is 2. The molecule has 19 heteroatoms. The van der Waals surface area contributed by atoms with Crippen LogP contribution < -0.4 is 39.1 Å². The lowest BCUT2D eigenvalue weighted by Crippen LogP contribution is -2.50. The molecule has 0 spiro atoms. The van der Waals surface area contributed by atoms with Crippen LogP contribution in [-0.4, -0.2) is 155 Å². The third-order valence-electron chi connectivity index (χ3n) is 11.5. The van der Waals surface area contributed by atoms with E-state index in [1.54, 1.807) is 70.2 Å². The van der Waals surface area contributed by atoms with Gasteiger partial charge in [-0.3, -0.25) is 9.59 Å². The van der Waals surface area contributed by atoms with Crippen LogP contribution in [0.2, 0.25) is 0 Å². The molecule has 3 atom stereocenters. The molecule has 72 heavy (non-hydrogen) atoms. The number of alkyl carbamates (subject to hydrolysis) is 1. The van der Waals surface area contributed by atoms with Gasteiger partial charge in [0.2, 0.25) is 11.7 Å². The van der Waals surface area contributed by atoms with Gasteiger partial charge in [-0.2, -0.15) is 0 Å². The zero-order chi connectivity index (χ0) is 52.3. The monoisotopic (exact) mass is 1010 g/mol. The third-order valence-corrected chi connectivity index (χ3v) is 11.5. The van der Waals surface area contributed by atoms with Crippen LogP contribution >= 0.6 is 0 Å². The molecule has 400 valence electrons. The minimum atomic E-state index is -0.809. The molecule has 3 aromatic rings. The van der Waals surface area contributed by atoms with E-state index >= 15 is 0 Å². The predicted molar refractivity (Wildman–Crippen MR) is 268 cm³/mol. The van der Waals surface area contributed by atoms with Gasteiger partial charge in [0.1, 0.15) is 23.5 Å². The Morgan fingerprint density at radius 1 is 0.681 bits per heavy atom. The molecule has 0 aliphatic carbocycles. The van der Waals surface area contributed by atoms with Crippen LogP contribution in [0.25, 0.3) is 0 Å². The van der Waals surface area contributed by atoms with Crippen molar-refractivity contribution in [2.24, 2.45) is 0 Å². The molecule has 19 nitrogen and oxygen atoms in total. The van der Waals surface area contributed by atoms with E-state index in [1.165, 1.54) is 21.3 Å². The summed E-state index contributed by atoms with van der Waals surface area (Å²) in [6.07, 6.45) is 2.10. The molecular formula is C53H77N3O16. The largest absolute Gasteiger partial charge is 0.493 e. The van der Waals surface area contributed by atoms with Gasteiger partial charge in [0.25, 0.3) is 5.91 Å². The number of piperidine rings is 1. The quantitative estimate of drug-likeness (QED) is 0.0499. The number of ether oxygens (including phenoxy) is 12. The first-order chi connectivity index (χ1) is 34.7. The molecule has 4 rings (SSSR count). The van der Waals surface area contributed by atoms with Crippen molar-refractivity contribution >= 4 is 23.9 Å². The Balaban J connectivity index is 1.28. The summed E-state index contributed by atoms with van der Waals surface area (Å²) < 4.78 is 67.2. The Morgan fingerprint density at radius 3 is 1.88 bits per heavy atom. The van der Waals surface area contributed by atoms with Gasteiger partial charge in [0.15, 0.2) is 29.6 Å². The Hall–Kier alpha value is -6.02. The average molecular weight is 1010 g/mol. The maximum atomic E-state index is 14.5. The van der Waals surface area contributed by atoms with Crippen LogP contribution in [0.15, 0.2) is 54.6 Å². The van der Waals surface area contributed by atoms with Crippen molar-refractivity contribution in [2.45, 2.75) is 89.9 Å². The van der Waals surface area contributed by atoms with Crippen molar-refractivity contribution in [3.8, 4) is 34.5 Å². The smallest absolute Gasteiger partial charge is 0.407 e. The zero-order valence-corrected chi connectivity index (χ0v) is 43.6. The minimum absolute atomic E-state index is 0.189. The standard InChI is InChI=1S/C53H77N3O16/c1-10-41(39-34-46(63-7)49(65-9)47(35-39)64-8)50(58)56-23-12-11-16-42(56)51(59)71-43(19-17-37-18-20-44(61-5)45(32-37)62-6)38-14-13-15-40(33-38)70-36-48(57)54-21-24-66-26-28-68-30-31-69-29-27-67-25-22-55-52(60)72-53(2,3)4/h13-15,18,20,32-35,41-43H,10-12,16-17,19,21-31,36H2,1-9H3,(H,54,57)(H,55,60)/t41-,42+,43+/m0/s1. The number of rotatable bonds is 32. The number of nitrogens with zero attached hydrogens (tertiary/aromatic N) is 1. The number of nitrogens with one attached hydrogen (secondary N) is 2. The van der Waals surface area contributed by atoms with Crippen molar-refractivity contribution in [3.05, 3.63) is 71.3 Å². The highest BCUT2D eigenvalue weighted by Gasteiger charge is 2.38. The minimum Gasteiger partial charge on any atom is -0.493 e. The molecule has 0 aromatic heterocycles. The second-order valence-electron chi connectivity index (χ2n) is 17.7. The van der Waals surface area contributed by atoms with Crippen molar-refractivity contribution in [2.75, 3.05) is 115 Å². The Bertz CT molecular complexity index is 2110. The molecule has 1 aliphatic heterocycles. The Kier molecular flexibility index (Phi) is 25.6. The van der Waals surface area contributed by atoms with Crippen LogP contribution in [0.3, 0.4) is 0 Å². The fourth-order valence-corrected chi connectivity index (χ4v) is 7.91. The van der Waals surface area contributed by atoms with Crippen LogP contribution in [0.4, 0.5) is 4.79 Å². The molecule has 0 radical (unpaired) electrons. The van der Waals surface area contributed by atoms with E-state index in [2.05, 4.69) is 10.6 Å². The second-order valence-corrected chi connectivity index (χ2v) is 17.7. The molecule has 1 aliphatic rings. The number of benzene rings is 3. The summed E-state index contributed by atoms with van der Waals surface area (Å²) in [4.78, 5) is 54.9. The van der Waals surface area contributed by atoms with E-state index in [-0.39, 0.29) is 31.6 Å². The van der Waals surface area contributed by atoms with E-state index in [4.69, 9.17) is 56.8 Å². The number of amides is 3. The summed E-state index contributed by atoms with van der Waals surface area (Å²) in [6, 6.07) is 15.5. The lowest BCUT2D eigenvalue weighted by molar-refractivity contribution is -0.162. The summed E-state index contributed by atoms with van der Waals surface area (Å²) in [7, 11) is 7.73. The Morgan fingerprint density at radius 2 is 1.29 bits per heavy atom. The van der Waals surface area contributed by atoms with Gasteiger partial charge in [-0.25, -0.2) is 9.59 Å². The maximum Gasteiger partial charge on any atom is 0.407 e. The predicted octanol–water partition coefficient (Wildman–Crippen LogP) is 6.61. The third kappa shape index (κ3) is 19.5. The molecule has 1 heterocycles. The number of methoxy groups -OCH3 is 5. The maximum absolute atomic E-state index is 14.5. The van der Waals surface area contributed by atoms with E-state index < -0.39 is 35.7 Å². The van der Waals surface area contributed by atoms with Gasteiger partial charge in [-0.05, 0) is 112 Å². The number of hydrogen-bond acceptors (Lipinski definition) is 16. The molecule has 0 unspecified atom stereocenters. The van der Waals surface area contributed by atoms with E-state index in [0.717, 1.165) is 18.4 Å². The van der Waals surface area contributed by atoms with Crippen LogP contribution in [0.5, 0.6) is 34.5 Å². The first-order valence-corrected chi connectivity index (χ1v) is 24.5. The van der Waals surface area contributed by atoms with E-state index in [0.29, 0.717) is 131 Å². The number of carbonyl (C=O) groups excluding carboxylic acids is 4. The zero-order valence-electron chi connectivity index (χ0n) is 43.6. The van der Waals surface area contributed by atoms with Gasteiger partial charge < -0.3 is 72.4 Å². The number of likely N-dealkylation sites (tertiary alicyclic amines) is 1. The molecule has 0 saturated carbocycles. The number of esters is 1. The normalized spacial score (nSPS) is 14.3. The molecule has 1 saturated heterocycles. The van der Waals surface area contributed by atoms with Crippen LogP contribution in [0, 0.1) is 0 Å². The van der Waals surface area contributed by atoms with Crippen molar-refractivity contribution in [3.63, 3.8) is 0 Å². The first kappa shape index (κ1) is 58.5. The Labute approximate surface area is 424 Å². The highest BCUT2D eigenvalue weighted by molar-refractivity contribution is 5.89. The topological polar surface area (TPSA) is 206 Å². The highest BCUT2D eigenvalue weighted by atomic mass is 16.6. The van der Waals surface area contributed by atoms with E-state index in [9.17, 15) is 19.2 Å². The molecule has 1 fully saturated rings. The highest BCUT2D eigenvalue weighted by Crippen LogP contribution is 2.42. The summed E-state index contributed by atoms with van der Waals surface area (Å²) in [6.45, 7) is 11.0. The SMILES string of the molecule is CC[C@H](C(=O)N1CCCC[C@@H]1C(=O)O[C@H](CCc1ccc(OC)c(OC)c1)c1cccc(OCC(=O)NCCOCCOCCOCCOCCNC(=O)OC(C)(C)C)c1)c1cc(OC)c(OC)c(OC)c1. The fraction of sp³-hybridized carbons (Fsp3) is 0.585. The van der Waals surface area contributed by atoms with Gasteiger partial charge >= 0.3 is 12.1 Å². The lowest BCUT2D eigenvalue weighted by atomic mass is 9.91. The summed E-state index contributed by atoms with van der Waals surface area (Å²) in [5, 5.41) is 5.42. The lowest BCUT2D eigenvalue weighted by Gasteiger charge is -2.37. The first-order valence-electron chi connectivity index (χ1n) is 24.5. The van der Waals surface area contributed by atoms with Crippen LogP contribution in [-0.2, 0) is 49.2 Å². The van der Waals surface area contributed by atoms with Gasteiger partial charge in [-0.1, -0.05) is 25.1 Å². The van der Waals surface area contributed by atoms with Gasteiger partial charge in [-0.15, -0.1) is 0 Å².